The number of rotatable bonds is 2. The fourth-order valence-corrected chi connectivity index (χ4v) is 1.62. The molecular formula is C12H11NO. The van der Waals surface area contributed by atoms with E-state index in [1.807, 2.05) is 6.07 Å². The molecule has 0 spiro atoms. The molecule has 0 N–H and O–H groups in total. The van der Waals surface area contributed by atoms with E-state index in [9.17, 15) is 4.79 Å². The van der Waals surface area contributed by atoms with E-state index in [4.69, 9.17) is 5.26 Å². The largest absolute Gasteiger partial charge is 0.294 e. The third kappa shape index (κ3) is 1.54. The van der Waals surface area contributed by atoms with Gasteiger partial charge < -0.3 is 0 Å². The van der Waals surface area contributed by atoms with Crippen molar-refractivity contribution in [3.05, 3.63) is 35.4 Å². The number of Topliss-reactive ketones (excluding diaryl/α,β-unsaturated/α-hetero) is 1. The summed E-state index contributed by atoms with van der Waals surface area (Å²) in [5.41, 5.74) is 1.35. The molecule has 0 heterocycles. The van der Waals surface area contributed by atoms with Gasteiger partial charge in [0.05, 0.1) is 11.6 Å². The lowest BCUT2D eigenvalue weighted by Crippen LogP contribution is -2.21. The summed E-state index contributed by atoms with van der Waals surface area (Å²) in [5.74, 6) is 0.476. The fraction of sp³-hybridized carbons (Fsp3) is 0.333. The summed E-state index contributed by atoms with van der Waals surface area (Å²) < 4.78 is 0. The Hall–Kier alpha value is -1.62. The van der Waals surface area contributed by atoms with Gasteiger partial charge in [0.25, 0.3) is 0 Å². The first-order chi connectivity index (χ1) is 6.81. The summed E-state index contributed by atoms with van der Waals surface area (Å²) in [7, 11) is 0. The van der Waals surface area contributed by atoms with Crippen LogP contribution < -0.4 is 0 Å². The first-order valence-electron chi connectivity index (χ1n) is 4.85. The van der Waals surface area contributed by atoms with E-state index in [0.29, 0.717) is 5.56 Å². The number of carbonyl (C=O) groups excluding carboxylic acids is 1. The first-order valence-corrected chi connectivity index (χ1v) is 4.85. The predicted octanol–water partition coefficient (Wildman–Crippen LogP) is 2.54. The molecule has 1 fully saturated rings. The maximum Gasteiger partial charge on any atom is 0.165 e. The topological polar surface area (TPSA) is 40.9 Å². The third-order valence-electron chi connectivity index (χ3n) is 2.77. The van der Waals surface area contributed by atoms with Gasteiger partial charge in [-0.3, -0.25) is 4.79 Å². The van der Waals surface area contributed by atoms with Gasteiger partial charge in [0.2, 0.25) is 0 Å². The van der Waals surface area contributed by atoms with Gasteiger partial charge in [0.15, 0.2) is 5.78 Å². The first kappa shape index (κ1) is 8.96. The average molecular weight is 185 g/mol. The molecule has 1 aliphatic carbocycles. The number of benzene rings is 1. The van der Waals surface area contributed by atoms with Crippen LogP contribution in [0.15, 0.2) is 24.3 Å². The molecule has 0 atom stereocenters. The Kier molecular flexibility index (Phi) is 2.32. The van der Waals surface area contributed by atoms with Gasteiger partial charge in [-0.1, -0.05) is 18.6 Å². The van der Waals surface area contributed by atoms with Crippen LogP contribution >= 0.6 is 0 Å². The zero-order valence-electron chi connectivity index (χ0n) is 7.86. The summed E-state index contributed by atoms with van der Waals surface area (Å²) in [6.07, 6.45) is 3.23. The molecule has 0 unspecified atom stereocenters. The van der Waals surface area contributed by atoms with Crippen LogP contribution in [-0.4, -0.2) is 5.78 Å². The van der Waals surface area contributed by atoms with Crippen LogP contribution in [0.2, 0.25) is 0 Å². The van der Waals surface area contributed by atoms with Crippen LogP contribution in [0.25, 0.3) is 0 Å². The van der Waals surface area contributed by atoms with Crippen molar-refractivity contribution in [1.29, 1.82) is 5.26 Å². The SMILES string of the molecule is N#Cc1ccc(C(=O)C2CCC2)cc1. The highest BCUT2D eigenvalue weighted by Crippen LogP contribution is 2.29. The normalized spacial score (nSPS) is 15.6. The number of hydrogen-bond acceptors (Lipinski definition) is 2. The quantitative estimate of drug-likeness (QED) is 0.664. The number of nitrogens with zero attached hydrogens (tertiary/aromatic N) is 1. The van der Waals surface area contributed by atoms with Crippen LogP contribution in [0.3, 0.4) is 0 Å². The molecule has 14 heavy (non-hydrogen) atoms. The van der Waals surface area contributed by atoms with E-state index in [1.165, 1.54) is 6.42 Å². The van der Waals surface area contributed by atoms with E-state index in [0.717, 1.165) is 18.4 Å². The lowest BCUT2D eigenvalue weighted by atomic mass is 9.80. The number of hydrogen-bond donors (Lipinski definition) is 0. The Morgan fingerprint density at radius 3 is 2.36 bits per heavy atom. The van der Waals surface area contributed by atoms with Crippen molar-refractivity contribution in [3.8, 4) is 6.07 Å². The van der Waals surface area contributed by atoms with Crippen LogP contribution in [0.4, 0.5) is 0 Å². The van der Waals surface area contributed by atoms with Gasteiger partial charge in [-0.05, 0) is 25.0 Å². The fourth-order valence-electron chi connectivity index (χ4n) is 1.62. The minimum Gasteiger partial charge on any atom is -0.294 e. The second-order valence-electron chi connectivity index (χ2n) is 3.68. The Morgan fingerprint density at radius 2 is 1.93 bits per heavy atom. The number of carbonyl (C=O) groups is 1. The molecule has 1 aromatic carbocycles. The minimum absolute atomic E-state index is 0.237. The molecule has 0 aromatic heterocycles. The molecule has 1 aliphatic rings. The maximum absolute atomic E-state index is 11.7. The van der Waals surface area contributed by atoms with Crippen molar-refractivity contribution >= 4 is 5.78 Å². The molecule has 2 heteroatoms. The van der Waals surface area contributed by atoms with Crippen molar-refractivity contribution in [1.82, 2.24) is 0 Å². The van der Waals surface area contributed by atoms with E-state index >= 15 is 0 Å². The molecule has 2 rings (SSSR count). The van der Waals surface area contributed by atoms with Gasteiger partial charge in [0.1, 0.15) is 0 Å². The van der Waals surface area contributed by atoms with Crippen molar-refractivity contribution < 1.29 is 4.79 Å². The molecule has 1 saturated carbocycles. The molecule has 0 saturated heterocycles. The van der Waals surface area contributed by atoms with Crippen LogP contribution in [-0.2, 0) is 0 Å². The molecule has 0 amide bonds. The zero-order chi connectivity index (χ0) is 9.97. The average Bonchev–Trinajstić information content (AvgIpc) is 2.15. The summed E-state index contributed by atoms with van der Waals surface area (Å²) in [4.78, 5) is 11.7. The highest BCUT2D eigenvalue weighted by molar-refractivity contribution is 5.98. The number of ketones is 1. The highest BCUT2D eigenvalue weighted by atomic mass is 16.1. The standard InChI is InChI=1S/C12H11NO/c13-8-9-4-6-11(7-5-9)12(14)10-2-1-3-10/h4-7,10H,1-3H2. The third-order valence-corrected chi connectivity index (χ3v) is 2.77. The Balaban J connectivity index is 2.16. The lowest BCUT2D eigenvalue weighted by molar-refractivity contribution is 0.0855. The van der Waals surface area contributed by atoms with Crippen LogP contribution in [0.5, 0.6) is 0 Å². The zero-order valence-corrected chi connectivity index (χ0v) is 7.86. The predicted molar refractivity (Wildman–Crippen MR) is 52.8 cm³/mol. The highest BCUT2D eigenvalue weighted by Gasteiger charge is 2.25. The van der Waals surface area contributed by atoms with Gasteiger partial charge in [0, 0.05) is 11.5 Å². The van der Waals surface area contributed by atoms with E-state index in [2.05, 4.69) is 0 Å². The second kappa shape index (κ2) is 3.63. The lowest BCUT2D eigenvalue weighted by Gasteiger charge is -2.23. The van der Waals surface area contributed by atoms with Crippen LogP contribution in [0.1, 0.15) is 35.2 Å². The summed E-state index contributed by atoms with van der Waals surface area (Å²) in [5, 5.41) is 8.60. The van der Waals surface area contributed by atoms with Gasteiger partial charge >= 0.3 is 0 Å². The maximum atomic E-state index is 11.7. The second-order valence-corrected chi connectivity index (χ2v) is 3.68. The van der Waals surface area contributed by atoms with E-state index in [1.54, 1.807) is 24.3 Å². The number of nitriles is 1. The molecule has 0 aliphatic heterocycles. The Labute approximate surface area is 83.2 Å². The smallest absolute Gasteiger partial charge is 0.165 e. The van der Waals surface area contributed by atoms with Crippen molar-refractivity contribution in [2.45, 2.75) is 19.3 Å². The van der Waals surface area contributed by atoms with Gasteiger partial charge in [-0.25, -0.2) is 0 Å². The molecule has 70 valence electrons. The molecule has 1 aromatic rings. The summed E-state index contributed by atoms with van der Waals surface area (Å²) in [6.45, 7) is 0. The molecule has 2 nitrogen and oxygen atoms in total. The molecular weight excluding hydrogens is 174 g/mol. The minimum atomic E-state index is 0.237. The summed E-state index contributed by atoms with van der Waals surface area (Å²) >= 11 is 0. The Bertz CT molecular complexity index is 382. The molecule has 0 radical (unpaired) electrons. The van der Waals surface area contributed by atoms with E-state index in [-0.39, 0.29) is 11.7 Å². The molecule has 0 bridgehead atoms. The van der Waals surface area contributed by atoms with Crippen molar-refractivity contribution in [3.63, 3.8) is 0 Å². The van der Waals surface area contributed by atoms with Crippen LogP contribution in [0, 0.1) is 17.2 Å². The van der Waals surface area contributed by atoms with Crippen molar-refractivity contribution in [2.75, 3.05) is 0 Å². The van der Waals surface area contributed by atoms with Gasteiger partial charge in [-0.15, -0.1) is 0 Å². The summed E-state index contributed by atoms with van der Waals surface area (Å²) in [6, 6.07) is 8.94. The van der Waals surface area contributed by atoms with E-state index < -0.39 is 0 Å². The Morgan fingerprint density at radius 1 is 1.29 bits per heavy atom. The monoisotopic (exact) mass is 185 g/mol. The van der Waals surface area contributed by atoms with Gasteiger partial charge in [-0.2, -0.15) is 5.26 Å². The van der Waals surface area contributed by atoms with Crippen molar-refractivity contribution in [2.24, 2.45) is 5.92 Å².